The maximum Gasteiger partial charge on any atom is 0.277 e. The van der Waals surface area contributed by atoms with Crippen LogP contribution < -0.4 is 10.2 Å². The zero-order valence-electron chi connectivity index (χ0n) is 14.7. The first-order chi connectivity index (χ1) is 11.6. The molecule has 0 spiro atoms. The average molecular weight is 330 g/mol. The van der Waals surface area contributed by atoms with Crippen LogP contribution in [0.3, 0.4) is 0 Å². The molecule has 1 heterocycles. The van der Waals surface area contributed by atoms with Gasteiger partial charge in [0.15, 0.2) is 6.54 Å². The van der Waals surface area contributed by atoms with Crippen LogP contribution in [-0.4, -0.2) is 56.5 Å². The van der Waals surface area contributed by atoms with Gasteiger partial charge in [-0.05, 0) is 23.6 Å². The molecule has 0 bridgehead atoms. The van der Waals surface area contributed by atoms with Crippen LogP contribution in [0.25, 0.3) is 5.57 Å². The van der Waals surface area contributed by atoms with Gasteiger partial charge in [-0.1, -0.05) is 37.3 Å². The summed E-state index contributed by atoms with van der Waals surface area (Å²) in [5, 5.41) is 2.80. The first-order valence-electron chi connectivity index (χ1n) is 8.68. The van der Waals surface area contributed by atoms with Gasteiger partial charge in [0.2, 0.25) is 5.91 Å². The van der Waals surface area contributed by atoms with E-state index in [-0.39, 0.29) is 18.4 Å². The number of amides is 2. The van der Waals surface area contributed by atoms with Crippen LogP contribution in [0.15, 0.2) is 36.4 Å². The Kier molecular flexibility index (Phi) is 7.00. The number of rotatable bonds is 7. The van der Waals surface area contributed by atoms with E-state index in [1.165, 1.54) is 20.9 Å². The van der Waals surface area contributed by atoms with Gasteiger partial charge in [-0.3, -0.25) is 9.59 Å². The number of carbonyl (C=O) groups is 2. The number of nitrogens with zero attached hydrogens (tertiary/aromatic N) is 1. The van der Waals surface area contributed by atoms with E-state index in [9.17, 15) is 9.59 Å². The molecule has 5 nitrogen and oxygen atoms in total. The number of carbonyl (C=O) groups excluding carboxylic acids is 2. The number of hydrogen-bond acceptors (Lipinski definition) is 2. The van der Waals surface area contributed by atoms with Gasteiger partial charge in [0.1, 0.15) is 0 Å². The lowest BCUT2D eigenvalue weighted by molar-refractivity contribution is -0.887. The highest BCUT2D eigenvalue weighted by molar-refractivity contribution is 5.85. The summed E-state index contributed by atoms with van der Waals surface area (Å²) in [6.45, 7) is 5.04. The molecule has 1 aliphatic rings. The zero-order chi connectivity index (χ0) is 17.4. The SMILES string of the molecule is CCCNC(=O)CN(C)C(=O)C[NH+]1CC=C(c2ccccc2)CC1. The van der Waals surface area contributed by atoms with E-state index in [0.29, 0.717) is 13.1 Å². The smallest absolute Gasteiger partial charge is 0.277 e. The maximum absolute atomic E-state index is 12.3. The Morgan fingerprint density at radius 3 is 2.62 bits per heavy atom. The number of nitrogens with one attached hydrogen (secondary N) is 2. The molecule has 1 unspecified atom stereocenters. The lowest BCUT2D eigenvalue weighted by atomic mass is 10.00. The molecular formula is C19H28N3O2+. The van der Waals surface area contributed by atoms with Crippen molar-refractivity contribution in [2.24, 2.45) is 0 Å². The minimum atomic E-state index is -0.0902. The molecule has 2 rings (SSSR count). The van der Waals surface area contributed by atoms with Crippen LogP contribution in [0.1, 0.15) is 25.3 Å². The van der Waals surface area contributed by atoms with Gasteiger partial charge in [0.05, 0.1) is 19.6 Å². The molecular weight excluding hydrogens is 302 g/mol. The predicted octanol–water partition coefficient (Wildman–Crippen LogP) is 0.343. The van der Waals surface area contributed by atoms with Crippen molar-refractivity contribution in [2.75, 3.05) is 39.8 Å². The maximum atomic E-state index is 12.3. The summed E-state index contributed by atoms with van der Waals surface area (Å²) in [6.07, 6.45) is 4.11. The molecule has 1 aliphatic heterocycles. The summed E-state index contributed by atoms with van der Waals surface area (Å²) < 4.78 is 0. The van der Waals surface area contributed by atoms with Crippen molar-refractivity contribution in [3.63, 3.8) is 0 Å². The lowest BCUT2D eigenvalue weighted by Gasteiger charge is -2.25. The molecule has 0 saturated heterocycles. The van der Waals surface area contributed by atoms with Gasteiger partial charge in [-0.2, -0.15) is 0 Å². The van der Waals surface area contributed by atoms with Gasteiger partial charge in [0.25, 0.3) is 5.91 Å². The summed E-state index contributed by atoms with van der Waals surface area (Å²) >= 11 is 0. The monoisotopic (exact) mass is 330 g/mol. The molecule has 0 fully saturated rings. The Balaban J connectivity index is 1.79. The van der Waals surface area contributed by atoms with Crippen molar-refractivity contribution in [3.05, 3.63) is 42.0 Å². The van der Waals surface area contributed by atoms with Gasteiger partial charge in [-0.25, -0.2) is 0 Å². The van der Waals surface area contributed by atoms with Crippen molar-refractivity contribution < 1.29 is 14.5 Å². The minimum Gasteiger partial charge on any atom is -0.355 e. The second kappa shape index (κ2) is 9.23. The molecule has 0 aromatic heterocycles. The van der Waals surface area contributed by atoms with E-state index in [1.54, 1.807) is 7.05 Å². The van der Waals surface area contributed by atoms with E-state index in [1.807, 2.05) is 13.0 Å². The van der Waals surface area contributed by atoms with Crippen molar-refractivity contribution in [1.82, 2.24) is 10.2 Å². The number of quaternary nitrogens is 1. The Hall–Kier alpha value is -2.14. The van der Waals surface area contributed by atoms with Crippen LogP contribution >= 0.6 is 0 Å². The van der Waals surface area contributed by atoms with Crippen molar-refractivity contribution >= 4 is 17.4 Å². The van der Waals surface area contributed by atoms with Crippen LogP contribution in [0.5, 0.6) is 0 Å². The third kappa shape index (κ3) is 5.49. The molecule has 2 amide bonds. The van der Waals surface area contributed by atoms with Gasteiger partial charge in [-0.15, -0.1) is 0 Å². The van der Waals surface area contributed by atoms with Crippen LogP contribution in [0, 0.1) is 0 Å². The summed E-state index contributed by atoms with van der Waals surface area (Å²) in [7, 11) is 1.70. The molecule has 130 valence electrons. The second-order valence-electron chi connectivity index (χ2n) is 6.33. The Morgan fingerprint density at radius 1 is 1.25 bits per heavy atom. The van der Waals surface area contributed by atoms with E-state index in [2.05, 4.69) is 35.7 Å². The number of hydrogen-bond donors (Lipinski definition) is 2. The third-order valence-corrected chi connectivity index (χ3v) is 4.31. The number of likely N-dealkylation sites (N-methyl/N-ethyl adjacent to an activating group) is 1. The van der Waals surface area contributed by atoms with Crippen LogP contribution in [-0.2, 0) is 9.59 Å². The van der Waals surface area contributed by atoms with Crippen molar-refractivity contribution in [2.45, 2.75) is 19.8 Å². The highest BCUT2D eigenvalue weighted by Crippen LogP contribution is 2.17. The molecule has 0 radical (unpaired) electrons. The van der Waals surface area contributed by atoms with Gasteiger partial charge in [0, 0.05) is 20.0 Å². The summed E-state index contributed by atoms with van der Waals surface area (Å²) in [5.74, 6) is -0.0687. The van der Waals surface area contributed by atoms with Crippen molar-refractivity contribution in [1.29, 1.82) is 0 Å². The molecule has 0 saturated carbocycles. The fraction of sp³-hybridized carbons (Fsp3) is 0.474. The molecule has 24 heavy (non-hydrogen) atoms. The van der Waals surface area contributed by atoms with Gasteiger partial charge < -0.3 is 15.1 Å². The summed E-state index contributed by atoms with van der Waals surface area (Å²) in [6, 6.07) is 10.4. The molecule has 1 atom stereocenters. The topological polar surface area (TPSA) is 53.9 Å². The molecule has 1 aromatic rings. The van der Waals surface area contributed by atoms with Crippen LogP contribution in [0.2, 0.25) is 0 Å². The molecule has 1 aromatic carbocycles. The largest absolute Gasteiger partial charge is 0.355 e. The Morgan fingerprint density at radius 2 is 2.00 bits per heavy atom. The summed E-state index contributed by atoms with van der Waals surface area (Å²) in [4.78, 5) is 26.7. The first-order valence-corrected chi connectivity index (χ1v) is 8.68. The van der Waals surface area contributed by atoms with E-state index in [4.69, 9.17) is 0 Å². The third-order valence-electron chi connectivity index (χ3n) is 4.31. The fourth-order valence-electron chi connectivity index (χ4n) is 2.83. The average Bonchev–Trinajstić information content (AvgIpc) is 2.61. The van der Waals surface area contributed by atoms with Gasteiger partial charge >= 0.3 is 0 Å². The highest BCUT2D eigenvalue weighted by Gasteiger charge is 2.21. The lowest BCUT2D eigenvalue weighted by Crippen LogP contribution is -3.13. The zero-order valence-corrected chi connectivity index (χ0v) is 14.7. The molecule has 0 aliphatic carbocycles. The van der Waals surface area contributed by atoms with E-state index in [0.717, 1.165) is 25.9 Å². The summed E-state index contributed by atoms with van der Waals surface area (Å²) in [5.41, 5.74) is 2.63. The number of benzene rings is 1. The van der Waals surface area contributed by atoms with E-state index >= 15 is 0 Å². The highest BCUT2D eigenvalue weighted by atomic mass is 16.2. The quantitative estimate of drug-likeness (QED) is 0.758. The van der Waals surface area contributed by atoms with Crippen molar-refractivity contribution in [3.8, 4) is 0 Å². The Labute approximate surface area is 144 Å². The van der Waals surface area contributed by atoms with Crippen LogP contribution in [0.4, 0.5) is 0 Å². The molecule has 5 heteroatoms. The second-order valence-corrected chi connectivity index (χ2v) is 6.33. The standard InChI is InChI=1S/C19H27N3O2/c1-3-11-20-18(23)14-21(2)19(24)15-22-12-9-17(10-13-22)16-7-5-4-6-8-16/h4-9H,3,10-15H2,1-2H3,(H,20,23)/p+1. The minimum absolute atomic E-state index is 0.0215. The first kappa shape index (κ1) is 18.2. The predicted molar refractivity (Wildman–Crippen MR) is 95.5 cm³/mol. The normalized spacial score (nSPS) is 17.1. The molecule has 2 N–H and O–H groups in total. The fourth-order valence-corrected chi connectivity index (χ4v) is 2.83. The Bertz CT molecular complexity index is 584. The van der Waals surface area contributed by atoms with E-state index < -0.39 is 0 Å².